The first-order valence-corrected chi connectivity index (χ1v) is 10.4. The number of anilines is 1. The van der Waals surface area contributed by atoms with Gasteiger partial charge in [0.15, 0.2) is 11.6 Å². The fourth-order valence-electron chi connectivity index (χ4n) is 2.71. The average molecular weight is 412 g/mol. The highest BCUT2D eigenvalue weighted by Gasteiger charge is 2.29. The third-order valence-corrected chi connectivity index (χ3v) is 5.21. The molecule has 1 atom stereocenters. The van der Waals surface area contributed by atoms with Crippen LogP contribution >= 0.6 is 0 Å². The predicted molar refractivity (Wildman–Crippen MR) is 103 cm³/mol. The van der Waals surface area contributed by atoms with Gasteiger partial charge in [0.1, 0.15) is 11.8 Å². The maximum Gasteiger partial charge on any atom is 0.243 e. The Hall–Kier alpha value is -2.68. The molecule has 152 valence electrons. The van der Waals surface area contributed by atoms with E-state index in [1.54, 1.807) is 24.3 Å². The number of sulfonamides is 1. The summed E-state index contributed by atoms with van der Waals surface area (Å²) in [6.07, 6.45) is 0.891. The Morgan fingerprint density at radius 3 is 2.46 bits per heavy atom. The number of carbonyl (C=O) groups excluding carboxylic acids is 1. The summed E-state index contributed by atoms with van der Waals surface area (Å²) >= 11 is 0. The highest BCUT2D eigenvalue weighted by molar-refractivity contribution is 7.92. The number of nitrogens with zero attached hydrogens (tertiary/aromatic N) is 1. The normalized spacial score (nSPS) is 12.3. The fourth-order valence-corrected chi connectivity index (χ4v) is 3.87. The van der Waals surface area contributed by atoms with Crippen molar-refractivity contribution in [2.75, 3.05) is 17.2 Å². The van der Waals surface area contributed by atoms with Gasteiger partial charge < -0.3 is 10.1 Å². The van der Waals surface area contributed by atoms with Crippen molar-refractivity contribution < 1.29 is 26.7 Å². The van der Waals surface area contributed by atoms with Crippen LogP contribution in [0.3, 0.4) is 0 Å². The van der Waals surface area contributed by atoms with E-state index >= 15 is 0 Å². The Labute approximate surface area is 163 Å². The minimum atomic E-state index is -3.93. The molecular formula is C19H22F2N2O4S. The summed E-state index contributed by atoms with van der Waals surface area (Å²) in [4.78, 5) is 12.6. The summed E-state index contributed by atoms with van der Waals surface area (Å²) in [7, 11) is -3.93. The lowest BCUT2D eigenvalue weighted by Gasteiger charge is -2.28. The number of benzene rings is 2. The van der Waals surface area contributed by atoms with Crippen molar-refractivity contribution in [3.05, 3.63) is 59.7 Å². The molecule has 1 unspecified atom stereocenters. The molecule has 6 nitrogen and oxygen atoms in total. The van der Waals surface area contributed by atoms with E-state index in [9.17, 15) is 22.0 Å². The maximum atomic E-state index is 13.6. The summed E-state index contributed by atoms with van der Waals surface area (Å²) in [6, 6.07) is 8.60. The molecule has 2 rings (SSSR count). The molecule has 0 aliphatic heterocycles. The predicted octanol–water partition coefficient (Wildman–Crippen LogP) is 2.83. The van der Waals surface area contributed by atoms with E-state index < -0.39 is 33.6 Å². The van der Waals surface area contributed by atoms with Crippen molar-refractivity contribution in [3.8, 4) is 5.75 Å². The highest BCUT2D eigenvalue weighted by atomic mass is 32.2. The van der Waals surface area contributed by atoms with Crippen LogP contribution in [-0.4, -0.2) is 33.2 Å². The van der Waals surface area contributed by atoms with Crippen molar-refractivity contribution in [1.82, 2.24) is 5.32 Å². The molecule has 1 amide bonds. The van der Waals surface area contributed by atoms with Crippen LogP contribution in [0, 0.1) is 11.6 Å². The monoisotopic (exact) mass is 412 g/mol. The SMILES string of the molecule is CCOc1ccccc1CNC(=O)C(C)N(c1ccc(F)c(F)c1)S(C)(=O)=O. The van der Waals surface area contributed by atoms with Crippen molar-refractivity contribution in [1.29, 1.82) is 0 Å². The molecule has 9 heteroatoms. The summed E-state index contributed by atoms with van der Waals surface area (Å²) in [5, 5.41) is 2.65. The van der Waals surface area contributed by atoms with Crippen LogP contribution in [-0.2, 0) is 21.4 Å². The van der Waals surface area contributed by atoms with Gasteiger partial charge in [-0.15, -0.1) is 0 Å². The van der Waals surface area contributed by atoms with E-state index in [1.165, 1.54) is 6.92 Å². The molecule has 0 bridgehead atoms. The van der Waals surface area contributed by atoms with Gasteiger partial charge in [-0.2, -0.15) is 0 Å². The molecule has 0 saturated carbocycles. The largest absolute Gasteiger partial charge is 0.494 e. The van der Waals surface area contributed by atoms with E-state index in [0.29, 0.717) is 12.4 Å². The summed E-state index contributed by atoms with van der Waals surface area (Å²) in [5.74, 6) is -2.30. The van der Waals surface area contributed by atoms with E-state index in [1.807, 2.05) is 6.92 Å². The van der Waals surface area contributed by atoms with Crippen molar-refractivity contribution in [3.63, 3.8) is 0 Å². The lowest BCUT2D eigenvalue weighted by atomic mass is 10.2. The zero-order valence-corrected chi connectivity index (χ0v) is 16.6. The van der Waals surface area contributed by atoms with Gasteiger partial charge in [-0.05, 0) is 32.0 Å². The number of ether oxygens (including phenoxy) is 1. The van der Waals surface area contributed by atoms with E-state index in [2.05, 4.69) is 5.32 Å². The minimum absolute atomic E-state index is 0.120. The molecule has 28 heavy (non-hydrogen) atoms. The van der Waals surface area contributed by atoms with Crippen molar-refractivity contribution >= 4 is 21.6 Å². The highest BCUT2D eigenvalue weighted by Crippen LogP contribution is 2.23. The van der Waals surface area contributed by atoms with Gasteiger partial charge >= 0.3 is 0 Å². The second-order valence-corrected chi connectivity index (χ2v) is 7.95. The van der Waals surface area contributed by atoms with Crippen LogP contribution in [0.2, 0.25) is 0 Å². The first-order chi connectivity index (χ1) is 13.1. The Morgan fingerprint density at radius 2 is 1.86 bits per heavy atom. The second-order valence-electron chi connectivity index (χ2n) is 6.09. The number of nitrogens with one attached hydrogen (secondary N) is 1. The molecule has 0 heterocycles. The quantitative estimate of drug-likeness (QED) is 0.724. The molecule has 1 N–H and O–H groups in total. The molecular weight excluding hydrogens is 390 g/mol. The van der Waals surface area contributed by atoms with Crippen LogP contribution in [0.1, 0.15) is 19.4 Å². The molecule has 0 radical (unpaired) electrons. The van der Waals surface area contributed by atoms with E-state index in [4.69, 9.17) is 4.74 Å². The molecule has 0 aromatic heterocycles. The molecule has 2 aromatic carbocycles. The molecule has 0 fully saturated rings. The van der Waals surface area contributed by atoms with Crippen molar-refractivity contribution in [2.45, 2.75) is 26.4 Å². The Morgan fingerprint density at radius 1 is 1.18 bits per heavy atom. The Balaban J connectivity index is 2.22. The van der Waals surface area contributed by atoms with E-state index in [-0.39, 0.29) is 12.2 Å². The van der Waals surface area contributed by atoms with Gasteiger partial charge in [0.05, 0.1) is 18.6 Å². The third kappa shape index (κ3) is 5.19. The number of hydrogen-bond donors (Lipinski definition) is 1. The third-order valence-electron chi connectivity index (χ3n) is 3.97. The Kier molecular flexibility index (Phi) is 6.95. The van der Waals surface area contributed by atoms with Crippen LogP contribution < -0.4 is 14.4 Å². The fraction of sp³-hybridized carbons (Fsp3) is 0.316. The zero-order valence-electron chi connectivity index (χ0n) is 15.8. The van der Waals surface area contributed by atoms with Gasteiger partial charge in [0.25, 0.3) is 0 Å². The zero-order chi connectivity index (χ0) is 20.9. The number of halogens is 2. The molecule has 0 spiro atoms. The standard InChI is InChI=1S/C19H22F2N2O4S/c1-4-27-18-8-6-5-7-14(18)12-22-19(24)13(2)23(28(3,25)26)15-9-10-16(20)17(21)11-15/h5-11,13H,4,12H2,1-3H3,(H,22,24). The van der Waals surface area contributed by atoms with Crippen LogP contribution in [0.15, 0.2) is 42.5 Å². The first kappa shape index (κ1) is 21.6. The summed E-state index contributed by atoms with van der Waals surface area (Å²) in [6.45, 7) is 3.78. The second kappa shape index (κ2) is 9.01. The van der Waals surface area contributed by atoms with E-state index in [0.717, 1.165) is 34.3 Å². The topological polar surface area (TPSA) is 75.7 Å². The average Bonchev–Trinajstić information content (AvgIpc) is 2.63. The van der Waals surface area contributed by atoms with Gasteiger partial charge in [0, 0.05) is 18.2 Å². The number of hydrogen-bond acceptors (Lipinski definition) is 4. The minimum Gasteiger partial charge on any atom is -0.494 e. The van der Waals surface area contributed by atoms with Crippen LogP contribution in [0.4, 0.5) is 14.5 Å². The number of para-hydroxylation sites is 1. The lowest BCUT2D eigenvalue weighted by Crippen LogP contribution is -2.47. The Bertz CT molecular complexity index is 951. The number of rotatable bonds is 8. The summed E-state index contributed by atoms with van der Waals surface area (Å²) in [5.41, 5.74) is 0.586. The van der Waals surface area contributed by atoms with Crippen LogP contribution in [0.25, 0.3) is 0 Å². The summed E-state index contributed by atoms with van der Waals surface area (Å²) < 4.78 is 57.4. The van der Waals surface area contributed by atoms with Crippen molar-refractivity contribution in [2.24, 2.45) is 0 Å². The van der Waals surface area contributed by atoms with Gasteiger partial charge in [-0.3, -0.25) is 9.10 Å². The number of amides is 1. The first-order valence-electron chi connectivity index (χ1n) is 8.58. The van der Waals surface area contributed by atoms with Crippen LogP contribution in [0.5, 0.6) is 5.75 Å². The molecule has 0 saturated heterocycles. The van der Waals surface area contributed by atoms with Gasteiger partial charge in [-0.25, -0.2) is 17.2 Å². The molecule has 2 aromatic rings. The van der Waals surface area contributed by atoms with Gasteiger partial charge in [-0.1, -0.05) is 18.2 Å². The lowest BCUT2D eigenvalue weighted by molar-refractivity contribution is -0.122. The number of carbonyl (C=O) groups is 1. The smallest absolute Gasteiger partial charge is 0.243 e. The molecule has 0 aliphatic carbocycles. The van der Waals surface area contributed by atoms with Gasteiger partial charge in [0.2, 0.25) is 15.9 Å². The maximum absolute atomic E-state index is 13.6. The molecule has 0 aliphatic rings.